The number of ether oxygens (including phenoxy) is 1. The van der Waals surface area contributed by atoms with Gasteiger partial charge in [-0.2, -0.15) is 8.42 Å². The maximum Gasteiger partial charge on any atom is 0.264 e. The van der Waals surface area contributed by atoms with Crippen molar-refractivity contribution in [3.63, 3.8) is 0 Å². The molecule has 2 aromatic carbocycles. The lowest BCUT2D eigenvalue weighted by Crippen LogP contribution is -2.59. The van der Waals surface area contributed by atoms with Crippen LogP contribution in [0.5, 0.6) is 5.75 Å². The minimum Gasteiger partial charge on any atom is -0.463 e. The van der Waals surface area contributed by atoms with E-state index in [0.717, 1.165) is 22.6 Å². The first-order valence-electron chi connectivity index (χ1n) is 9.64. The molecule has 4 rings (SSSR count). The van der Waals surface area contributed by atoms with Gasteiger partial charge in [-0.25, -0.2) is 0 Å². The van der Waals surface area contributed by atoms with Crippen LogP contribution in [0.3, 0.4) is 0 Å². The lowest BCUT2D eigenvalue weighted by Gasteiger charge is -2.47. The number of fused-ring (bicyclic) bond motifs is 2. The van der Waals surface area contributed by atoms with Crippen LogP contribution in [-0.4, -0.2) is 31.0 Å². The van der Waals surface area contributed by atoms with Crippen molar-refractivity contribution < 1.29 is 17.7 Å². The van der Waals surface area contributed by atoms with Crippen molar-refractivity contribution in [1.29, 1.82) is 0 Å². The highest BCUT2D eigenvalue weighted by molar-refractivity contribution is 7.85. The molecule has 0 aromatic heterocycles. The quantitative estimate of drug-likeness (QED) is 0.536. The molecule has 0 aliphatic carbocycles. The number of halogens is 1. The molecule has 1 spiro atoms. The van der Waals surface area contributed by atoms with Crippen LogP contribution in [0, 0.1) is 0 Å². The van der Waals surface area contributed by atoms with Crippen LogP contribution in [0.4, 0.5) is 5.69 Å². The second-order valence-corrected chi connectivity index (χ2v) is 10.1. The van der Waals surface area contributed by atoms with E-state index in [1.807, 2.05) is 42.5 Å². The highest BCUT2D eigenvalue weighted by Gasteiger charge is 2.58. The molecule has 0 fully saturated rings. The Kier molecular flexibility index (Phi) is 4.92. The summed E-state index contributed by atoms with van der Waals surface area (Å²) in [7, 11) is -3.96. The van der Waals surface area contributed by atoms with Crippen molar-refractivity contribution in [3.05, 3.63) is 64.7 Å². The number of benzene rings is 2. The number of nitrogens with zero attached hydrogens (tertiary/aromatic N) is 1. The third-order valence-electron chi connectivity index (χ3n) is 5.93. The SMILES string of the molecule is CC1(C)c2cc(Cl)ccc2N(CCCCS(=O)(=O)O)C12C=Cc1ccccc1O2. The molecule has 1 unspecified atom stereocenters. The normalized spacial score (nSPS) is 21.7. The van der Waals surface area contributed by atoms with E-state index in [2.05, 4.69) is 30.9 Å². The van der Waals surface area contributed by atoms with Crippen molar-refractivity contribution in [3.8, 4) is 5.75 Å². The zero-order valence-corrected chi connectivity index (χ0v) is 18.0. The Hall–Kier alpha value is -2.02. The second kappa shape index (κ2) is 7.04. The van der Waals surface area contributed by atoms with E-state index in [4.69, 9.17) is 20.9 Å². The van der Waals surface area contributed by atoms with Crippen LogP contribution in [-0.2, 0) is 15.5 Å². The monoisotopic (exact) mass is 433 g/mol. The minimum absolute atomic E-state index is 0.246. The van der Waals surface area contributed by atoms with Gasteiger partial charge in [-0.1, -0.05) is 29.8 Å². The van der Waals surface area contributed by atoms with Crippen molar-refractivity contribution >= 4 is 33.5 Å². The fourth-order valence-electron chi connectivity index (χ4n) is 4.39. The maximum absolute atomic E-state index is 11.1. The van der Waals surface area contributed by atoms with Gasteiger partial charge in [-0.3, -0.25) is 4.55 Å². The van der Waals surface area contributed by atoms with Crippen LogP contribution in [0.15, 0.2) is 48.5 Å². The van der Waals surface area contributed by atoms with E-state index in [0.29, 0.717) is 24.4 Å². The Morgan fingerprint density at radius 2 is 1.90 bits per heavy atom. The molecule has 154 valence electrons. The third kappa shape index (κ3) is 3.43. The number of anilines is 1. The Labute approximate surface area is 176 Å². The molecule has 5 nitrogen and oxygen atoms in total. The number of hydrogen-bond acceptors (Lipinski definition) is 4. The lowest BCUT2D eigenvalue weighted by atomic mass is 9.76. The van der Waals surface area contributed by atoms with Crippen LogP contribution in [0.2, 0.25) is 5.02 Å². The van der Waals surface area contributed by atoms with Gasteiger partial charge in [0.15, 0.2) is 0 Å². The number of hydrogen-bond donors (Lipinski definition) is 1. The van der Waals surface area contributed by atoms with E-state index in [9.17, 15) is 8.42 Å². The average molecular weight is 434 g/mol. The number of unbranched alkanes of at least 4 members (excludes halogenated alkanes) is 1. The van der Waals surface area contributed by atoms with Crippen molar-refractivity contribution in [2.45, 2.75) is 37.8 Å². The molecular weight excluding hydrogens is 410 g/mol. The van der Waals surface area contributed by atoms with Gasteiger partial charge in [0.1, 0.15) is 5.75 Å². The van der Waals surface area contributed by atoms with Gasteiger partial charge in [-0.15, -0.1) is 0 Å². The largest absolute Gasteiger partial charge is 0.463 e. The molecule has 0 amide bonds. The molecule has 2 aromatic rings. The summed E-state index contributed by atoms with van der Waals surface area (Å²) in [6.07, 6.45) is 5.14. The van der Waals surface area contributed by atoms with Gasteiger partial charge in [0.05, 0.1) is 11.2 Å². The van der Waals surface area contributed by atoms with E-state index < -0.39 is 21.3 Å². The van der Waals surface area contributed by atoms with Gasteiger partial charge < -0.3 is 9.64 Å². The summed E-state index contributed by atoms with van der Waals surface area (Å²) < 4.78 is 37.9. The zero-order valence-electron chi connectivity index (χ0n) is 16.4. The van der Waals surface area contributed by atoms with E-state index >= 15 is 0 Å². The third-order valence-corrected chi connectivity index (χ3v) is 6.97. The molecule has 7 heteroatoms. The standard InChI is InChI=1S/C22H24ClNO4S/c1-21(2)18-15-17(23)9-10-19(18)24(13-5-6-14-29(25,26)27)22(21)12-11-16-7-3-4-8-20(16)28-22/h3-4,7-12,15H,5-6,13-14H2,1-2H3,(H,25,26,27). The molecule has 0 saturated heterocycles. The first-order valence-corrected chi connectivity index (χ1v) is 11.6. The van der Waals surface area contributed by atoms with E-state index in [1.165, 1.54) is 0 Å². The molecule has 2 aliphatic rings. The lowest BCUT2D eigenvalue weighted by molar-refractivity contribution is 0.0533. The van der Waals surface area contributed by atoms with Crippen LogP contribution >= 0.6 is 11.6 Å². The summed E-state index contributed by atoms with van der Waals surface area (Å²) in [5.74, 6) is 0.564. The van der Waals surface area contributed by atoms with Gasteiger partial charge in [0.2, 0.25) is 5.72 Å². The Morgan fingerprint density at radius 1 is 1.14 bits per heavy atom. The second-order valence-electron chi connectivity index (χ2n) is 8.10. The summed E-state index contributed by atoms with van der Waals surface area (Å²) in [6.45, 7) is 4.86. The Bertz CT molecular complexity index is 1080. The van der Waals surface area contributed by atoms with Crippen molar-refractivity contribution in [1.82, 2.24) is 0 Å². The molecule has 2 aliphatic heterocycles. The van der Waals surface area contributed by atoms with Crippen LogP contribution in [0.1, 0.15) is 37.8 Å². The summed E-state index contributed by atoms with van der Waals surface area (Å²) in [4.78, 5) is 2.19. The Morgan fingerprint density at radius 3 is 2.66 bits per heavy atom. The predicted molar refractivity (Wildman–Crippen MR) is 116 cm³/mol. The minimum atomic E-state index is -3.96. The zero-order chi connectivity index (χ0) is 20.9. The summed E-state index contributed by atoms with van der Waals surface area (Å²) in [6, 6.07) is 13.7. The van der Waals surface area contributed by atoms with Gasteiger partial charge in [0, 0.05) is 22.8 Å². The Balaban J connectivity index is 1.74. The smallest absolute Gasteiger partial charge is 0.264 e. The molecule has 2 heterocycles. The molecule has 29 heavy (non-hydrogen) atoms. The number of para-hydroxylation sites is 1. The fourth-order valence-corrected chi connectivity index (χ4v) is 5.13. The topological polar surface area (TPSA) is 66.8 Å². The van der Waals surface area contributed by atoms with Crippen LogP contribution in [0.25, 0.3) is 6.08 Å². The molecule has 1 atom stereocenters. The molecule has 0 bridgehead atoms. The van der Waals surface area contributed by atoms with E-state index in [-0.39, 0.29) is 5.75 Å². The van der Waals surface area contributed by atoms with Gasteiger partial charge in [0.25, 0.3) is 10.1 Å². The highest BCUT2D eigenvalue weighted by atomic mass is 35.5. The van der Waals surface area contributed by atoms with Crippen molar-refractivity contribution in [2.24, 2.45) is 0 Å². The molecule has 0 saturated carbocycles. The number of rotatable bonds is 5. The van der Waals surface area contributed by atoms with Crippen molar-refractivity contribution in [2.75, 3.05) is 17.2 Å². The summed E-state index contributed by atoms with van der Waals surface area (Å²) in [5.41, 5.74) is 1.97. The molecular formula is C22H24ClNO4S. The summed E-state index contributed by atoms with van der Waals surface area (Å²) in [5, 5.41) is 0.667. The van der Waals surface area contributed by atoms with Gasteiger partial charge in [-0.05, 0) is 68.7 Å². The first-order chi connectivity index (χ1) is 13.6. The van der Waals surface area contributed by atoms with Gasteiger partial charge >= 0.3 is 0 Å². The summed E-state index contributed by atoms with van der Waals surface area (Å²) >= 11 is 6.31. The molecule has 1 N–H and O–H groups in total. The first kappa shape index (κ1) is 20.3. The fraction of sp³-hybridized carbons (Fsp3) is 0.364. The highest BCUT2D eigenvalue weighted by Crippen LogP contribution is 2.55. The average Bonchev–Trinajstić information content (AvgIpc) is 2.82. The molecule has 0 radical (unpaired) electrons. The van der Waals surface area contributed by atoms with Crippen LogP contribution < -0.4 is 9.64 Å². The maximum atomic E-state index is 11.1. The van der Waals surface area contributed by atoms with E-state index in [1.54, 1.807) is 0 Å². The predicted octanol–water partition coefficient (Wildman–Crippen LogP) is 4.91.